The summed E-state index contributed by atoms with van der Waals surface area (Å²) in [7, 11) is 1.66. The van der Waals surface area contributed by atoms with E-state index in [1.165, 1.54) is 5.56 Å². The zero-order valence-corrected chi connectivity index (χ0v) is 12.3. The Morgan fingerprint density at radius 3 is 2.40 bits per heavy atom. The fraction of sp³-hybridized carbons (Fsp3) is 0.353. The maximum atomic E-state index is 10.3. The average molecular weight is 271 g/mol. The van der Waals surface area contributed by atoms with Crippen molar-refractivity contribution in [1.29, 1.82) is 0 Å². The molecule has 0 bridgehead atoms. The van der Waals surface area contributed by atoms with Crippen molar-refractivity contribution in [1.82, 2.24) is 4.98 Å². The van der Waals surface area contributed by atoms with Gasteiger partial charge in [0, 0.05) is 17.0 Å². The maximum Gasteiger partial charge on any atom is 0.118 e. The standard InChI is InChI=1S/C17H21NO2/c1-12-4-10-16(13(2)18-12)17(19)11-7-14-5-8-15(20-3)9-6-14/h4-6,8-10,17,19H,7,11H2,1-3H3. The van der Waals surface area contributed by atoms with Gasteiger partial charge in [-0.05, 0) is 50.5 Å². The molecule has 0 saturated carbocycles. The number of aliphatic hydroxyl groups excluding tert-OH is 1. The Hall–Kier alpha value is -1.87. The summed E-state index contributed by atoms with van der Waals surface area (Å²) in [4.78, 5) is 4.40. The molecule has 1 aromatic carbocycles. The van der Waals surface area contributed by atoms with E-state index in [1.54, 1.807) is 7.11 Å². The van der Waals surface area contributed by atoms with Gasteiger partial charge in [0.2, 0.25) is 0 Å². The highest BCUT2D eigenvalue weighted by Gasteiger charge is 2.11. The molecule has 1 aromatic heterocycles. The van der Waals surface area contributed by atoms with E-state index in [4.69, 9.17) is 4.74 Å². The molecule has 0 radical (unpaired) electrons. The first-order valence-electron chi connectivity index (χ1n) is 6.85. The van der Waals surface area contributed by atoms with Gasteiger partial charge in [0.25, 0.3) is 0 Å². The summed E-state index contributed by atoms with van der Waals surface area (Å²) in [6, 6.07) is 11.9. The molecule has 0 aliphatic carbocycles. The molecule has 2 rings (SSSR count). The lowest BCUT2D eigenvalue weighted by molar-refractivity contribution is 0.166. The van der Waals surface area contributed by atoms with Gasteiger partial charge in [0.1, 0.15) is 5.75 Å². The smallest absolute Gasteiger partial charge is 0.118 e. The Morgan fingerprint density at radius 2 is 1.80 bits per heavy atom. The molecule has 2 aromatic rings. The molecule has 1 heterocycles. The van der Waals surface area contributed by atoms with Gasteiger partial charge in [-0.2, -0.15) is 0 Å². The van der Waals surface area contributed by atoms with E-state index < -0.39 is 6.10 Å². The number of nitrogens with zero attached hydrogens (tertiary/aromatic N) is 1. The molecule has 106 valence electrons. The largest absolute Gasteiger partial charge is 0.497 e. The average Bonchev–Trinajstić information content (AvgIpc) is 2.45. The fourth-order valence-electron chi connectivity index (χ4n) is 2.30. The van der Waals surface area contributed by atoms with Crippen molar-refractivity contribution in [2.75, 3.05) is 7.11 Å². The molecule has 3 heteroatoms. The highest BCUT2D eigenvalue weighted by Crippen LogP contribution is 2.22. The third-order valence-corrected chi connectivity index (χ3v) is 3.49. The number of methoxy groups -OCH3 is 1. The van der Waals surface area contributed by atoms with Gasteiger partial charge in [-0.25, -0.2) is 0 Å². The number of aryl methyl sites for hydroxylation is 3. The third kappa shape index (κ3) is 3.58. The molecule has 0 amide bonds. The Balaban J connectivity index is 1.98. The van der Waals surface area contributed by atoms with Crippen molar-refractivity contribution < 1.29 is 9.84 Å². The second-order valence-corrected chi connectivity index (χ2v) is 5.03. The lowest BCUT2D eigenvalue weighted by Gasteiger charge is -2.13. The predicted octanol–water partition coefficient (Wildman–Crippen LogP) is 3.37. The summed E-state index contributed by atoms with van der Waals surface area (Å²) < 4.78 is 5.13. The molecule has 0 spiro atoms. The highest BCUT2D eigenvalue weighted by molar-refractivity contribution is 5.28. The normalized spacial score (nSPS) is 12.2. The summed E-state index contributed by atoms with van der Waals surface area (Å²) in [6.45, 7) is 3.90. The second kappa shape index (κ2) is 6.53. The van der Waals surface area contributed by atoms with Crippen molar-refractivity contribution in [2.45, 2.75) is 32.8 Å². The predicted molar refractivity (Wildman–Crippen MR) is 80.0 cm³/mol. The molecule has 0 aliphatic rings. The van der Waals surface area contributed by atoms with Crippen molar-refractivity contribution in [2.24, 2.45) is 0 Å². The summed E-state index contributed by atoms with van der Waals surface area (Å²) in [5.41, 5.74) is 4.01. The van der Waals surface area contributed by atoms with Gasteiger partial charge in [0.15, 0.2) is 0 Å². The van der Waals surface area contributed by atoms with Crippen LogP contribution in [0, 0.1) is 13.8 Å². The topological polar surface area (TPSA) is 42.4 Å². The van der Waals surface area contributed by atoms with Crippen LogP contribution in [0.2, 0.25) is 0 Å². The first-order chi connectivity index (χ1) is 9.60. The summed E-state index contributed by atoms with van der Waals surface area (Å²) in [5.74, 6) is 0.855. The Kier molecular flexibility index (Phi) is 4.74. The number of hydrogen-bond donors (Lipinski definition) is 1. The van der Waals surface area contributed by atoms with E-state index in [-0.39, 0.29) is 0 Å². The van der Waals surface area contributed by atoms with Crippen LogP contribution >= 0.6 is 0 Å². The molecule has 1 unspecified atom stereocenters. The Labute approximate surface area is 120 Å². The van der Waals surface area contributed by atoms with Crippen molar-refractivity contribution in [3.8, 4) is 5.75 Å². The van der Waals surface area contributed by atoms with E-state index in [1.807, 2.05) is 50.2 Å². The lowest BCUT2D eigenvalue weighted by Crippen LogP contribution is -2.04. The Morgan fingerprint density at radius 1 is 1.10 bits per heavy atom. The number of rotatable bonds is 5. The van der Waals surface area contributed by atoms with Crippen molar-refractivity contribution >= 4 is 0 Å². The number of benzene rings is 1. The number of pyridine rings is 1. The van der Waals surface area contributed by atoms with E-state index in [0.29, 0.717) is 6.42 Å². The van der Waals surface area contributed by atoms with Crippen LogP contribution in [0.25, 0.3) is 0 Å². The minimum absolute atomic E-state index is 0.467. The van der Waals surface area contributed by atoms with Crippen molar-refractivity contribution in [3.63, 3.8) is 0 Å². The highest BCUT2D eigenvalue weighted by atomic mass is 16.5. The lowest BCUT2D eigenvalue weighted by atomic mass is 10.00. The van der Waals surface area contributed by atoms with Gasteiger partial charge in [-0.1, -0.05) is 18.2 Å². The molecular weight excluding hydrogens is 250 g/mol. The Bertz CT molecular complexity index is 564. The van der Waals surface area contributed by atoms with E-state index in [0.717, 1.165) is 29.1 Å². The van der Waals surface area contributed by atoms with E-state index in [2.05, 4.69) is 4.98 Å². The van der Waals surface area contributed by atoms with Gasteiger partial charge in [-0.15, -0.1) is 0 Å². The van der Waals surface area contributed by atoms with Gasteiger partial charge < -0.3 is 9.84 Å². The maximum absolute atomic E-state index is 10.3. The summed E-state index contributed by atoms with van der Waals surface area (Å²) >= 11 is 0. The second-order valence-electron chi connectivity index (χ2n) is 5.03. The molecule has 0 saturated heterocycles. The summed E-state index contributed by atoms with van der Waals surface area (Å²) in [6.07, 6.45) is 1.06. The molecule has 0 fully saturated rings. The van der Waals surface area contributed by atoms with Crippen LogP contribution in [0.1, 0.15) is 35.0 Å². The van der Waals surface area contributed by atoms with E-state index >= 15 is 0 Å². The van der Waals surface area contributed by atoms with Crippen LogP contribution in [0.5, 0.6) is 5.75 Å². The number of aliphatic hydroxyl groups is 1. The number of hydrogen-bond acceptors (Lipinski definition) is 3. The first-order valence-corrected chi connectivity index (χ1v) is 6.85. The van der Waals surface area contributed by atoms with E-state index in [9.17, 15) is 5.11 Å². The molecule has 1 N–H and O–H groups in total. The van der Waals surface area contributed by atoms with Crippen molar-refractivity contribution in [3.05, 3.63) is 58.9 Å². The van der Waals surface area contributed by atoms with Crippen LogP contribution in [0.4, 0.5) is 0 Å². The van der Waals surface area contributed by atoms with Crippen LogP contribution in [0.3, 0.4) is 0 Å². The van der Waals surface area contributed by atoms with Crippen LogP contribution in [-0.4, -0.2) is 17.2 Å². The zero-order chi connectivity index (χ0) is 14.5. The van der Waals surface area contributed by atoms with Gasteiger partial charge in [-0.3, -0.25) is 4.98 Å². The molecule has 3 nitrogen and oxygen atoms in total. The monoisotopic (exact) mass is 271 g/mol. The molecule has 20 heavy (non-hydrogen) atoms. The van der Waals surface area contributed by atoms with Gasteiger partial charge >= 0.3 is 0 Å². The van der Waals surface area contributed by atoms with Crippen LogP contribution in [-0.2, 0) is 6.42 Å². The van der Waals surface area contributed by atoms with Crippen LogP contribution in [0.15, 0.2) is 36.4 Å². The third-order valence-electron chi connectivity index (χ3n) is 3.49. The first kappa shape index (κ1) is 14.5. The number of aromatic nitrogens is 1. The minimum Gasteiger partial charge on any atom is -0.497 e. The minimum atomic E-state index is -0.467. The van der Waals surface area contributed by atoms with Gasteiger partial charge in [0.05, 0.1) is 13.2 Å². The SMILES string of the molecule is COc1ccc(CCC(O)c2ccc(C)nc2C)cc1. The fourth-order valence-corrected chi connectivity index (χ4v) is 2.30. The quantitative estimate of drug-likeness (QED) is 0.906. The number of ether oxygens (including phenoxy) is 1. The molecule has 1 atom stereocenters. The molecular formula is C17H21NO2. The summed E-state index contributed by atoms with van der Waals surface area (Å²) in [5, 5.41) is 10.3. The zero-order valence-electron chi connectivity index (χ0n) is 12.3. The van der Waals surface area contributed by atoms with Crippen LogP contribution < -0.4 is 4.74 Å². The molecule has 0 aliphatic heterocycles.